The van der Waals surface area contributed by atoms with Crippen molar-refractivity contribution in [2.75, 3.05) is 6.61 Å². The topological polar surface area (TPSA) is 68.4 Å². The Labute approximate surface area is 106 Å². The van der Waals surface area contributed by atoms with E-state index < -0.39 is 11.6 Å². The molecule has 5 nitrogen and oxygen atoms in total. The first kappa shape index (κ1) is 14.3. The van der Waals surface area contributed by atoms with E-state index in [9.17, 15) is 9.59 Å². The molecular weight excluding hydrogens is 234 g/mol. The molecule has 0 fully saturated rings. The van der Waals surface area contributed by atoms with Crippen molar-refractivity contribution in [3.8, 4) is 0 Å². The number of esters is 2. The Morgan fingerprint density at radius 2 is 2.00 bits per heavy atom. The van der Waals surface area contributed by atoms with Gasteiger partial charge in [0, 0.05) is 6.20 Å². The van der Waals surface area contributed by atoms with Crippen LogP contribution in [0.15, 0.2) is 12.3 Å². The lowest BCUT2D eigenvalue weighted by molar-refractivity contribution is -0.142. The largest absolute Gasteiger partial charge is 0.466 e. The number of H-pyrrole nitrogens is 1. The molecule has 1 heterocycles. The van der Waals surface area contributed by atoms with Gasteiger partial charge in [0.25, 0.3) is 0 Å². The lowest BCUT2D eigenvalue weighted by atomic mass is 10.2. The minimum absolute atomic E-state index is 0.146. The number of rotatable bonds is 4. The van der Waals surface area contributed by atoms with Gasteiger partial charge in [-0.25, -0.2) is 4.79 Å². The third-order valence-electron chi connectivity index (χ3n) is 2.02. The van der Waals surface area contributed by atoms with Gasteiger partial charge in [0.15, 0.2) is 0 Å². The first-order valence-electron chi connectivity index (χ1n) is 5.88. The highest BCUT2D eigenvalue weighted by Gasteiger charge is 2.19. The van der Waals surface area contributed by atoms with E-state index in [0.29, 0.717) is 17.9 Å². The highest BCUT2D eigenvalue weighted by atomic mass is 16.6. The Morgan fingerprint density at radius 3 is 2.56 bits per heavy atom. The van der Waals surface area contributed by atoms with E-state index in [1.165, 1.54) is 0 Å². The normalized spacial score (nSPS) is 11.1. The third kappa shape index (κ3) is 4.61. The Hall–Kier alpha value is -1.78. The molecule has 0 saturated carbocycles. The van der Waals surface area contributed by atoms with E-state index in [1.807, 2.05) is 0 Å². The molecule has 0 amide bonds. The molecule has 0 atom stereocenters. The average Bonchev–Trinajstić information content (AvgIpc) is 2.63. The van der Waals surface area contributed by atoms with Gasteiger partial charge in [-0.05, 0) is 39.3 Å². The van der Waals surface area contributed by atoms with Crippen LogP contribution < -0.4 is 0 Å². The first-order chi connectivity index (χ1) is 8.31. The molecule has 1 rings (SSSR count). The average molecular weight is 253 g/mol. The van der Waals surface area contributed by atoms with E-state index in [-0.39, 0.29) is 12.4 Å². The van der Waals surface area contributed by atoms with Crippen molar-refractivity contribution >= 4 is 11.9 Å². The molecule has 1 aromatic rings. The van der Waals surface area contributed by atoms with E-state index in [4.69, 9.17) is 9.47 Å². The molecule has 0 aliphatic rings. The molecule has 0 radical (unpaired) electrons. The monoisotopic (exact) mass is 253 g/mol. The van der Waals surface area contributed by atoms with Gasteiger partial charge in [0.2, 0.25) is 0 Å². The smallest absolute Gasteiger partial charge is 0.355 e. The zero-order valence-electron chi connectivity index (χ0n) is 11.2. The number of nitrogens with one attached hydrogen (secondary N) is 1. The van der Waals surface area contributed by atoms with E-state index >= 15 is 0 Å². The van der Waals surface area contributed by atoms with E-state index in [0.717, 1.165) is 0 Å². The van der Waals surface area contributed by atoms with Gasteiger partial charge >= 0.3 is 11.9 Å². The number of hydrogen-bond donors (Lipinski definition) is 1. The number of hydrogen-bond acceptors (Lipinski definition) is 4. The lowest BCUT2D eigenvalue weighted by Crippen LogP contribution is -2.24. The predicted octanol–water partition coefficient (Wildman–Crippen LogP) is 2.08. The summed E-state index contributed by atoms with van der Waals surface area (Å²) < 4.78 is 10.0. The number of carbonyl (C=O) groups is 2. The number of aromatic amines is 1. The summed E-state index contributed by atoms with van der Waals surface area (Å²) in [4.78, 5) is 25.8. The van der Waals surface area contributed by atoms with Crippen LogP contribution in [0.5, 0.6) is 0 Å². The Kier molecular flexibility index (Phi) is 4.53. The number of ether oxygens (including phenoxy) is 2. The van der Waals surface area contributed by atoms with Crippen molar-refractivity contribution in [1.82, 2.24) is 4.98 Å². The second-order valence-electron chi connectivity index (χ2n) is 4.91. The summed E-state index contributed by atoms with van der Waals surface area (Å²) in [5.74, 6) is -0.746. The van der Waals surface area contributed by atoms with Gasteiger partial charge in [0.05, 0.1) is 13.0 Å². The fraction of sp³-hybridized carbons (Fsp3) is 0.538. The van der Waals surface area contributed by atoms with E-state index in [2.05, 4.69) is 4.98 Å². The summed E-state index contributed by atoms with van der Waals surface area (Å²) >= 11 is 0. The molecule has 0 saturated heterocycles. The molecule has 0 aromatic carbocycles. The highest BCUT2D eigenvalue weighted by molar-refractivity contribution is 5.88. The van der Waals surface area contributed by atoms with Gasteiger partial charge in [-0.15, -0.1) is 0 Å². The van der Waals surface area contributed by atoms with Crippen molar-refractivity contribution in [3.05, 3.63) is 23.5 Å². The van der Waals surface area contributed by atoms with Gasteiger partial charge in [-0.3, -0.25) is 4.79 Å². The van der Waals surface area contributed by atoms with Crippen LogP contribution >= 0.6 is 0 Å². The quantitative estimate of drug-likeness (QED) is 0.834. The van der Waals surface area contributed by atoms with Crippen molar-refractivity contribution < 1.29 is 19.1 Å². The molecule has 1 aromatic heterocycles. The maximum absolute atomic E-state index is 11.7. The van der Waals surface area contributed by atoms with Crippen LogP contribution in [0, 0.1) is 0 Å². The van der Waals surface area contributed by atoms with Crippen molar-refractivity contribution in [2.45, 2.75) is 39.7 Å². The summed E-state index contributed by atoms with van der Waals surface area (Å²) in [7, 11) is 0. The molecule has 18 heavy (non-hydrogen) atoms. The van der Waals surface area contributed by atoms with Crippen molar-refractivity contribution in [2.24, 2.45) is 0 Å². The van der Waals surface area contributed by atoms with Gasteiger partial charge in [0.1, 0.15) is 11.3 Å². The minimum Gasteiger partial charge on any atom is -0.466 e. The molecule has 1 N–H and O–H groups in total. The second-order valence-corrected chi connectivity index (χ2v) is 4.91. The second kappa shape index (κ2) is 5.71. The van der Waals surface area contributed by atoms with Crippen molar-refractivity contribution in [1.29, 1.82) is 0 Å². The summed E-state index contributed by atoms with van der Waals surface area (Å²) in [5.41, 5.74) is 0.502. The van der Waals surface area contributed by atoms with Crippen LogP contribution in [0.1, 0.15) is 43.7 Å². The van der Waals surface area contributed by atoms with Crippen LogP contribution in [0.2, 0.25) is 0 Å². The Bertz CT molecular complexity index is 428. The van der Waals surface area contributed by atoms with Crippen LogP contribution in [0.25, 0.3) is 0 Å². The van der Waals surface area contributed by atoms with Crippen LogP contribution in [0.3, 0.4) is 0 Å². The fourth-order valence-electron chi connectivity index (χ4n) is 1.37. The van der Waals surface area contributed by atoms with Crippen LogP contribution in [-0.4, -0.2) is 29.1 Å². The minimum atomic E-state index is -0.538. The van der Waals surface area contributed by atoms with Crippen LogP contribution in [0.4, 0.5) is 0 Å². The molecule has 5 heteroatoms. The van der Waals surface area contributed by atoms with Gasteiger partial charge in [-0.2, -0.15) is 0 Å². The zero-order valence-corrected chi connectivity index (χ0v) is 11.2. The first-order valence-corrected chi connectivity index (χ1v) is 5.88. The molecule has 0 bridgehead atoms. The summed E-state index contributed by atoms with van der Waals surface area (Å²) in [5, 5.41) is 0. The molecule has 0 aliphatic carbocycles. The fourth-order valence-corrected chi connectivity index (χ4v) is 1.37. The zero-order chi connectivity index (χ0) is 13.8. The summed E-state index contributed by atoms with van der Waals surface area (Å²) in [6.07, 6.45) is 1.75. The van der Waals surface area contributed by atoms with E-state index in [1.54, 1.807) is 40.0 Å². The van der Waals surface area contributed by atoms with Crippen LogP contribution in [-0.2, 0) is 20.7 Å². The highest BCUT2D eigenvalue weighted by Crippen LogP contribution is 2.12. The summed E-state index contributed by atoms with van der Waals surface area (Å²) in [6.45, 7) is 7.50. The molecule has 0 spiro atoms. The third-order valence-corrected chi connectivity index (χ3v) is 2.02. The van der Waals surface area contributed by atoms with Crippen molar-refractivity contribution in [3.63, 3.8) is 0 Å². The SMILES string of the molecule is CCOC(=O)Cc1c[nH]c(C(=O)OC(C)(C)C)c1. The standard InChI is InChI=1S/C13H19NO4/c1-5-17-11(15)7-9-6-10(14-8-9)12(16)18-13(2,3)4/h6,8,14H,5,7H2,1-4H3. The maximum atomic E-state index is 11.7. The number of aromatic nitrogens is 1. The molecule has 0 aliphatic heterocycles. The Morgan fingerprint density at radius 1 is 1.33 bits per heavy atom. The molecular formula is C13H19NO4. The molecule has 0 unspecified atom stereocenters. The maximum Gasteiger partial charge on any atom is 0.355 e. The Balaban J connectivity index is 2.63. The number of carbonyl (C=O) groups excluding carboxylic acids is 2. The molecule has 100 valence electrons. The predicted molar refractivity (Wildman–Crippen MR) is 66.3 cm³/mol. The van der Waals surface area contributed by atoms with Gasteiger partial charge < -0.3 is 14.5 Å². The lowest BCUT2D eigenvalue weighted by Gasteiger charge is -2.18. The summed E-state index contributed by atoms with van der Waals surface area (Å²) in [6, 6.07) is 1.60. The van der Waals surface area contributed by atoms with Gasteiger partial charge in [-0.1, -0.05) is 0 Å².